The third-order valence-corrected chi connectivity index (χ3v) is 4.43. The van der Waals surface area contributed by atoms with Gasteiger partial charge in [0.25, 0.3) is 5.91 Å². The zero-order chi connectivity index (χ0) is 19.6. The number of nitrogens with one attached hydrogen (secondary N) is 1. The molecule has 0 atom stereocenters. The lowest BCUT2D eigenvalue weighted by Crippen LogP contribution is -2.24. The van der Waals surface area contributed by atoms with E-state index < -0.39 is 0 Å². The summed E-state index contributed by atoms with van der Waals surface area (Å²) in [4.78, 5) is 12.4. The van der Waals surface area contributed by atoms with Crippen molar-refractivity contribution in [3.05, 3.63) is 95.6 Å². The van der Waals surface area contributed by atoms with E-state index in [0.29, 0.717) is 24.5 Å². The quantitative estimate of drug-likeness (QED) is 0.555. The van der Waals surface area contributed by atoms with Crippen molar-refractivity contribution in [2.45, 2.75) is 19.4 Å². The molecule has 3 aromatic rings. The zero-order valence-corrected chi connectivity index (χ0v) is 16.1. The Balaban J connectivity index is 1.44. The molecule has 3 aromatic carbocycles. The van der Waals surface area contributed by atoms with Gasteiger partial charge in [0.2, 0.25) is 0 Å². The van der Waals surface area contributed by atoms with E-state index in [9.17, 15) is 4.79 Å². The first-order valence-electron chi connectivity index (χ1n) is 9.42. The second kappa shape index (κ2) is 10.2. The molecule has 4 heteroatoms. The zero-order valence-electron chi connectivity index (χ0n) is 16.1. The van der Waals surface area contributed by atoms with E-state index in [1.807, 2.05) is 66.7 Å². The van der Waals surface area contributed by atoms with Crippen molar-refractivity contribution in [1.29, 1.82) is 0 Å². The number of methoxy groups -OCH3 is 1. The van der Waals surface area contributed by atoms with Gasteiger partial charge < -0.3 is 14.8 Å². The molecule has 144 valence electrons. The van der Waals surface area contributed by atoms with Crippen molar-refractivity contribution in [3.8, 4) is 11.5 Å². The molecule has 0 radical (unpaired) electrons. The summed E-state index contributed by atoms with van der Waals surface area (Å²) in [6, 6.07) is 25.3. The van der Waals surface area contributed by atoms with Gasteiger partial charge in [-0.3, -0.25) is 4.79 Å². The molecular weight excluding hydrogens is 350 g/mol. The SMILES string of the molecule is COc1ccc(CCCNC(=O)c2cccc(OCc3ccccc3)c2)cc1. The van der Waals surface area contributed by atoms with Crippen molar-refractivity contribution in [3.63, 3.8) is 0 Å². The number of benzene rings is 3. The van der Waals surface area contributed by atoms with Crippen LogP contribution in [0.15, 0.2) is 78.9 Å². The highest BCUT2D eigenvalue weighted by molar-refractivity contribution is 5.94. The molecule has 0 unspecified atom stereocenters. The average Bonchev–Trinajstić information content (AvgIpc) is 2.76. The Morgan fingerprint density at radius 1 is 0.857 bits per heavy atom. The van der Waals surface area contributed by atoms with E-state index in [1.165, 1.54) is 5.56 Å². The van der Waals surface area contributed by atoms with Gasteiger partial charge in [0, 0.05) is 12.1 Å². The highest BCUT2D eigenvalue weighted by atomic mass is 16.5. The first kappa shape index (κ1) is 19.5. The molecule has 0 aliphatic heterocycles. The summed E-state index contributed by atoms with van der Waals surface area (Å²) in [5, 5.41) is 2.97. The average molecular weight is 375 g/mol. The molecule has 1 amide bonds. The van der Waals surface area contributed by atoms with Gasteiger partial charge in [-0.25, -0.2) is 0 Å². The van der Waals surface area contributed by atoms with Crippen LogP contribution in [0.5, 0.6) is 11.5 Å². The number of carbonyl (C=O) groups excluding carboxylic acids is 1. The Bertz CT molecular complexity index is 876. The van der Waals surface area contributed by atoms with Crippen LogP contribution in [0.2, 0.25) is 0 Å². The van der Waals surface area contributed by atoms with Gasteiger partial charge >= 0.3 is 0 Å². The minimum absolute atomic E-state index is 0.0834. The Morgan fingerprint density at radius 2 is 1.64 bits per heavy atom. The van der Waals surface area contributed by atoms with Crippen molar-refractivity contribution in [1.82, 2.24) is 5.32 Å². The van der Waals surface area contributed by atoms with Crippen LogP contribution in [-0.4, -0.2) is 19.6 Å². The third kappa shape index (κ3) is 5.88. The summed E-state index contributed by atoms with van der Waals surface area (Å²) in [5.74, 6) is 1.46. The van der Waals surface area contributed by atoms with E-state index in [1.54, 1.807) is 19.2 Å². The van der Waals surface area contributed by atoms with Crippen LogP contribution < -0.4 is 14.8 Å². The molecule has 28 heavy (non-hydrogen) atoms. The first-order valence-corrected chi connectivity index (χ1v) is 9.42. The molecule has 4 nitrogen and oxygen atoms in total. The third-order valence-electron chi connectivity index (χ3n) is 4.43. The molecule has 0 heterocycles. The molecule has 0 spiro atoms. The highest BCUT2D eigenvalue weighted by Crippen LogP contribution is 2.16. The molecule has 0 fully saturated rings. The number of rotatable bonds is 9. The molecular formula is C24H25NO3. The van der Waals surface area contributed by atoms with Gasteiger partial charge in [-0.2, -0.15) is 0 Å². The Kier molecular flexibility index (Phi) is 7.08. The van der Waals surface area contributed by atoms with Crippen molar-refractivity contribution in [2.75, 3.05) is 13.7 Å². The summed E-state index contributed by atoms with van der Waals surface area (Å²) >= 11 is 0. The molecule has 0 saturated carbocycles. The van der Waals surface area contributed by atoms with Crippen molar-refractivity contribution in [2.24, 2.45) is 0 Å². The number of amides is 1. The maximum Gasteiger partial charge on any atom is 0.251 e. The van der Waals surface area contributed by atoms with Gasteiger partial charge in [-0.15, -0.1) is 0 Å². The predicted octanol–water partition coefficient (Wildman–Crippen LogP) is 4.64. The lowest BCUT2D eigenvalue weighted by atomic mass is 10.1. The van der Waals surface area contributed by atoms with Gasteiger partial charge in [-0.05, 0) is 54.3 Å². The number of ether oxygens (including phenoxy) is 2. The van der Waals surface area contributed by atoms with Crippen LogP contribution in [0.25, 0.3) is 0 Å². The van der Waals surface area contributed by atoms with E-state index in [0.717, 1.165) is 24.2 Å². The maximum absolute atomic E-state index is 12.4. The Hall–Kier alpha value is -3.27. The molecule has 0 aliphatic rings. The van der Waals surface area contributed by atoms with E-state index in [-0.39, 0.29) is 5.91 Å². The molecule has 1 N–H and O–H groups in total. The second-order valence-electron chi connectivity index (χ2n) is 6.51. The second-order valence-corrected chi connectivity index (χ2v) is 6.51. The number of aryl methyl sites for hydroxylation is 1. The van der Waals surface area contributed by atoms with E-state index in [4.69, 9.17) is 9.47 Å². The normalized spacial score (nSPS) is 10.3. The molecule has 3 rings (SSSR count). The van der Waals surface area contributed by atoms with Crippen LogP contribution in [0.3, 0.4) is 0 Å². The summed E-state index contributed by atoms with van der Waals surface area (Å²) in [7, 11) is 1.66. The lowest BCUT2D eigenvalue weighted by Gasteiger charge is -2.09. The fourth-order valence-corrected chi connectivity index (χ4v) is 2.86. The standard InChI is InChI=1S/C24H25NO3/c1-27-22-14-12-19(13-15-22)9-6-16-25-24(26)21-10-5-11-23(17-21)28-18-20-7-3-2-4-8-20/h2-5,7-8,10-15,17H,6,9,16,18H2,1H3,(H,25,26). The summed E-state index contributed by atoms with van der Waals surface area (Å²) in [5.41, 5.74) is 2.93. The molecule has 0 aromatic heterocycles. The summed E-state index contributed by atoms with van der Waals surface area (Å²) in [6.07, 6.45) is 1.78. The van der Waals surface area contributed by atoms with Gasteiger partial charge in [0.1, 0.15) is 18.1 Å². The smallest absolute Gasteiger partial charge is 0.251 e. The molecule has 0 aliphatic carbocycles. The Morgan fingerprint density at radius 3 is 2.39 bits per heavy atom. The largest absolute Gasteiger partial charge is 0.497 e. The first-order chi connectivity index (χ1) is 13.7. The number of hydrogen-bond donors (Lipinski definition) is 1. The van der Waals surface area contributed by atoms with E-state index in [2.05, 4.69) is 5.32 Å². The minimum Gasteiger partial charge on any atom is -0.497 e. The van der Waals surface area contributed by atoms with Crippen LogP contribution in [0, 0.1) is 0 Å². The minimum atomic E-state index is -0.0834. The predicted molar refractivity (Wildman–Crippen MR) is 111 cm³/mol. The van der Waals surface area contributed by atoms with Crippen LogP contribution in [0.4, 0.5) is 0 Å². The Labute approximate surface area is 166 Å². The lowest BCUT2D eigenvalue weighted by molar-refractivity contribution is 0.0952. The fourth-order valence-electron chi connectivity index (χ4n) is 2.86. The maximum atomic E-state index is 12.4. The van der Waals surface area contributed by atoms with Gasteiger partial charge in [0.05, 0.1) is 7.11 Å². The van der Waals surface area contributed by atoms with Crippen LogP contribution >= 0.6 is 0 Å². The van der Waals surface area contributed by atoms with Crippen molar-refractivity contribution < 1.29 is 14.3 Å². The van der Waals surface area contributed by atoms with Crippen LogP contribution in [-0.2, 0) is 13.0 Å². The fraction of sp³-hybridized carbons (Fsp3) is 0.208. The highest BCUT2D eigenvalue weighted by Gasteiger charge is 2.06. The van der Waals surface area contributed by atoms with E-state index >= 15 is 0 Å². The van der Waals surface area contributed by atoms with Gasteiger partial charge in [0.15, 0.2) is 0 Å². The van der Waals surface area contributed by atoms with Crippen molar-refractivity contribution >= 4 is 5.91 Å². The number of carbonyl (C=O) groups is 1. The summed E-state index contributed by atoms with van der Waals surface area (Å²) < 4.78 is 11.0. The molecule has 0 bridgehead atoms. The summed E-state index contributed by atoms with van der Waals surface area (Å²) in [6.45, 7) is 1.10. The van der Waals surface area contributed by atoms with Crippen LogP contribution in [0.1, 0.15) is 27.9 Å². The van der Waals surface area contributed by atoms with Gasteiger partial charge in [-0.1, -0.05) is 48.5 Å². The molecule has 0 saturated heterocycles. The monoisotopic (exact) mass is 375 g/mol. The number of hydrogen-bond acceptors (Lipinski definition) is 3. The topological polar surface area (TPSA) is 47.6 Å².